The molecule has 2 aromatic carbocycles. The molecule has 6 nitrogen and oxygen atoms in total. The first-order valence-electron chi connectivity index (χ1n) is 8.85. The Morgan fingerprint density at radius 3 is 2.52 bits per heavy atom. The predicted octanol–water partition coefficient (Wildman–Crippen LogP) is 4.03. The second-order valence-corrected chi connectivity index (χ2v) is 7.42. The summed E-state index contributed by atoms with van der Waals surface area (Å²) in [5, 5.41) is 7.26. The molecule has 8 heteroatoms. The fourth-order valence-corrected chi connectivity index (χ4v) is 3.26. The Morgan fingerprint density at radius 1 is 1.14 bits per heavy atom. The first-order valence-corrected chi connectivity index (χ1v) is 9.65. The molecular weight excluding hydrogens is 437 g/mol. The van der Waals surface area contributed by atoms with Gasteiger partial charge in [-0.25, -0.2) is 14.1 Å². The molecule has 0 saturated heterocycles. The lowest BCUT2D eigenvalue weighted by atomic mass is 10.1. The van der Waals surface area contributed by atoms with Gasteiger partial charge in [-0.1, -0.05) is 28.1 Å². The molecule has 0 radical (unpaired) electrons. The van der Waals surface area contributed by atoms with E-state index in [4.69, 9.17) is 0 Å². The normalized spacial score (nSPS) is 12.0. The molecule has 0 aliphatic heterocycles. The van der Waals surface area contributed by atoms with Crippen molar-refractivity contribution in [2.75, 3.05) is 0 Å². The zero-order valence-corrected chi connectivity index (χ0v) is 17.0. The summed E-state index contributed by atoms with van der Waals surface area (Å²) in [5.74, 6) is 0.00499. The van der Waals surface area contributed by atoms with Crippen LogP contribution in [0.1, 0.15) is 27.8 Å². The van der Waals surface area contributed by atoms with Crippen molar-refractivity contribution in [2.24, 2.45) is 7.05 Å². The van der Waals surface area contributed by atoms with E-state index in [0.29, 0.717) is 11.4 Å². The molecule has 1 unspecified atom stereocenters. The monoisotopic (exact) mass is 453 g/mol. The number of hydrogen-bond acceptors (Lipinski definition) is 3. The summed E-state index contributed by atoms with van der Waals surface area (Å²) >= 11 is 3.40. The van der Waals surface area contributed by atoms with Crippen LogP contribution < -0.4 is 5.32 Å². The largest absolute Gasteiger partial charge is 0.338 e. The van der Waals surface area contributed by atoms with Crippen LogP contribution in [0.4, 0.5) is 4.39 Å². The molecule has 29 heavy (non-hydrogen) atoms. The Labute approximate surface area is 175 Å². The van der Waals surface area contributed by atoms with E-state index < -0.39 is 6.04 Å². The minimum absolute atomic E-state index is 0.300. The van der Waals surface area contributed by atoms with Crippen LogP contribution in [0.2, 0.25) is 0 Å². The third-order valence-corrected chi connectivity index (χ3v) is 5.06. The Morgan fingerprint density at radius 2 is 1.86 bits per heavy atom. The molecule has 0 saturated carbocycles. The molecule has 1 atom stereocenters. The highest BCUT2D eigenvalue weighted by atomic mass is 79.9. The molecule has 2 heterocycles. The molecule has 0 fully saturated rings. The lowest BCUT2D eigenvalue weighted by Gasteiger charge is -2.18. The molecule has 0 bridgehead atoms. The van der Waals surface area contributed by atoms with Gasteiger partial charge in [0.1, 0.15) is 17.7 Å². The van der Waals surface area contributed by atoms with Gasteiger partial charge in [-0.2, -0.15) is 5.10 Å². The van der Waals surface area contributed by atoms with Crippen LogP contribution in [0.3, 0.4) is 0 Å². The lowest BCUT2D eigenvalue weighted by molar-refractivity contribution is 0.0941. The molecule has 146 valence electrons. The van der Waals surface area contributed by atoms with Gasteiger partial charge in [0.25, 0.3) is 5.91 Å². The summed E-state index contributed by atoms with van der Waals surface area (Å²) < 4.78 is 17.8. The first-order chi connectivity index (χ1) is 14.0. The first kappa shape index (κ1) is 19.1. The van der Waals surface area contributed by atoms with Crippen LogP contribution in [-0.4, -0.2) is 25.2 Å². The minimum atomic E-state index is -0.529. The molecule has 4 rings (SSSR count). The number of carbonyl (C=O) groups excluding carboxylic acids is 1. The van der Waals surface area contributed by atoms with Gasteiger partial charge in [0.2, 0.25) is 0 Å². The van der Waals surface area contributed by atoms with Crippen LogP contribution in [0.5, 0.6) is 0 Å². The average molecular weight is 454 g/mol. The van der Waals surface area contributed by atoms with Gasteiger partial charge < -0.3 is 9.88 Å². The molecule has 4 aromatic rings. The number of halogens is 2. The molecular formula is C21H17BrFN5O. The number of nitrogens with one attached hydrogen (secondary N) is 1. The zero-order chi connectivity index (χ0) is 20.4. The van der Waals surface area contributed by atoms with Gasteiger partial charge in [-0.05, 0) is 42.0 Å². The van der Waals surface area contributed by atoms with Crippen molar-refractivity contribution in [3.05, 3.63) is 101 Å². The number of carbonyl (C=O) groups is 1. The van der Waals surface area contributed by atoms with E-state index in [1.807, 2.05) is 35.9 Å². The Bertz CT molecular complexity index is 1130. The van der Waals surface area contributed by atoms with Crippen molar-refractivity contribution < 1.29 is 9.18 Å². The van der Waals surface area contributed by atoms with E-state index in [-0.39, 0.29) is 11.7 Å². The topological polar surface area (TPSA) is 64.7 Å². The Balaban J connectivity index is 1.61. The smallest absolute Gasteiger partial charge is 0.255 e. The molecule has 1 amide bonds. The third kappa shape index (κ3) is 4.12. The van der Waals surface area contributed by atoms with Crippen LogP contribution in [0.25, 0.3) is 5.69 Å². The number of nitrogens with zero attached hydrogens (tertiary/aromatic N) is 4. The molecule has 1 N–H and O–H groups in total. The predicted molar refractivity (Wildman–Crippen MR) is 110 cm³/mol. The fraction of sp³-hybridized carbons (Fsp3) is 0.0952. The molecule has 0 aliphatic rings. The summed E-state index contributed by atoms with van der Waals surface area (Å²) in [5.41, 5.74) is 1.98. The summed E-state index contributed by atoms with van der Waals surface area (Å²) in [6, 6.07) is 13.1. The van der Waals surface area contributed by atoms with Gasteiger partial charge in [-0.3, -0.25) is 4.79 Å². The number of aryl methyl sites for hydroxylation is 1. The van der Waals surface area contributed by atoms with E-state index in [1.54, 1.807) is 35.4 Å². The number of amides is 1. The van der Waals surface area contributed by atoms with E-state index in [9.17, 15) is 9.18 Å². The summed E-state index contributed by atoms with van der Waals surface area (Å²) in [4.78, 5) is 17.3. The van der Waals surface area contributed by atoms with E-state index in [1.165, 1.54) is 18.3 Å². The zero-order valence-electron chi connectivity index (χ0n) is 15.5. The van der Waals surface area contributed by atoms with Gasteiger partial charge in [0, 0.05) is 30.1 Å². The number of hydrogen-bond donors (Lipinski definition) is 1. The van der Waals surface area contributed by atoms with Gasteiger partial charge in [0.15, 0.2) is 0 Å². The SMILES string of the molecule is Cn1ccnc1C(NC(=O)c1cnn(-c2ccc(Br)cc2)c1)c1ccc(F)cc1. The van der Waals surface area contributed by atoms with Crippen molar-refractivity contribution >= 4 is 21.8 Å². The highest BCUT2D eigenvalue weighted by Gasteiger charge is 2.22. The average Bonchev–Trinajstić information content (AvgIpc) is 3.37. The second kappa shape index (κ2) is 8.00. The maximum atomic E-state index is 13.4. The van der Waals surface area contributed by atoms with Crippen molar-refractivity contribution in [3.63, 3.8) is 0 Å². The lowest BCUT2D eigenvalue weighted by Crippen LogP contribution is -2.31. The van der Waals surface area contributed by atoms with Crippen LogP contribution in [0, 0.1) is 5.82 Å². The molecule has 2 aromatic heterocycles. The van der Waals surface area contributed by atoms with Crippen molar-refractivity contribution in [1.29, 1.82) is 0 Å². The van der Waals surface area contributed by atoms with E-state index in [0.717, 1.165) is 15.7 Å². The summed E-state index contributed by atoms with van der Waals surface area (Å²) in [6.07, 6.45) is 6.63. The third-order valence-electron chi connectivity index (χ3n) is 4.53. The van der Waals surface area contributed by atoms with Gasteiger partial charge in [-0.15, -0.1) is 0 Å². The summed E-state index contributed by atoms with van der Waals surface area (Å²) in [6.45, 7) is 0. The molecule has 0 spiro atoms. The maximum absolute atomic E-state index is 13.4. The Hall–Kier alpha value is -3.26. The van der Waals surface area contributed by atoms with Gasteiger partial charge >= 0.3 is 0 Å². The maximum Gasteiger partial charge on any atom is 0.255 e. The summed E-state index contributed by atoms with van der Waals surface area (Å²) in [7, 11) is 1.84. The fourth-order valence-electron chi connectivity index (χ4n) is 3.00. The van der Waals surface area contributed by atoms with Crippen molar-refractivity contribution in [1.82, 2.24) is 24.6 Å². The minimum Gasteiger partial charge on any atom is -0.338 e. The quantitative estimate of drug-likeness (QED) is 0.496. The number of imidazole rings is 1. The second-order valence-electron chi connectivity index (χ2n) is 6.50. The number of rotatable bonds is 5. The van der Waals surface area contributed by atoms with Crippen LogP contribution in [-0.2, 0) is 7.05 Å². The van der Waals surface area contributed by atoms with Gasteiger partial charge in [0.05, 0.1) is 17.4 Å². The van der Waals surface area contributed by atoms with Crippen molar-refractivity contribution in [2.45, 2.75) is 6.04 Å². The van der Waals surface area contributed by atoms with Crippen molar-refractivity contribution in [3.8, 4) is 5.69 Å². The standard InChI is InChI=1S/C21H17BrFN5O/c1-27-11-10-24-20(27)19(14-2-6-17(23)7-3-14)26-21(29)15-12-25-28(13-15)18-8-4-16(22)5-9-18/h2-13,19H,1H3,(H,26,29). The van der Waals surface area contributed by atoms with E-state index in [2.05, 4.69) is 31.3 Å². The number of aromatic nitrogens is 4. The number of benzene rings is 2. The highest BCUT2D eigenvalue weighted by Crippen LogP contribution is 2.22. The Kier molecular flexibility index (Phi) is 5.26. The molecule has 0 aliphatic carbocycles. The highest BCUT2D eigenvalue weighted by molar-refractivity contribution is 9.10. The van der Waals surface area contributed by atoms with Crippen LogP contribution in [0.15, 0.2) is 77.8 Å². The van der Waals surface area contributed by atoms with Crippen LogP contribution >= 0.6 is 15.9 Å². The van der Waals surface area contributed by atoms with E-state index >= 15 is 0 Å².